The van der Waals surface area contributed by atoms with Crippen molar-refractivity contribution in [2.24, 2.45) is 0 Å². The molecule has 0 radical (unpaired) electrons. The minimum absolute atomic E-state index is 0.0763. The molecule has 0 aliphatic carbocycles. The van der Waals surface area contributed by atoms with Gasteiger partial charge in [0.05, 0.1) is 7.11 Å². The first-order valence-corrected chi connectivity index (χ1v) is 8.65. The van der Waals surface area contributed by atoms with Gasteiger partial charge in [-0.1, -0.05) is 17.7 Å². The Morgan fingerprint density at radius 3 is 2.40 bits per heavy atom. The summed E-state index contributed by atoms with van der Waals surface area (Å²) in [6.45, 7) is 5.00. The highest BCUT2D eigenvalue weighted by Gasteiger charge is 2.22. The molecule has 0 saturated carbocycles. The fourth-order valence-corrected chi connectivity index (χ4v) is 3.12. The Hall–Kier alpha value is -2.40. The number of aryl methyl sites for hydroxylation is 1. The van der Waals surface area contributed by atoms with Crippen LogP contribution in [0.4, 0.5) is 16.2 Å². The topological polar surface area (TPSA) is 44.8 Å². The van der Waals surface area contributed by atoms with Crippen molar-refractivity contribution in [2.45, 2.75) is 6.92 Å². The molecule has 1 heterocycles. The van der Waals surface area contributed by atoms with E-state index in [1.807, 2.05) is 47.4 Å². The minimum atomic E-state index is -0.0763. The van der Waals surface area contributed by atoms with Gasteiger partial charge in [-0.3, -0.25) is 0 Å². The van der Waals surface area contributed by atoms with Gasteiger partial charge in [0.1, 0.15) is 5.75 Å². The molecule has 2 aromatic rings. The normalized spacial score (nSPS) is 14.4. The van der Waals surface area contributed by atoms with Crippen molar-refractivity contribution in [1.29, 1.82) is 0 Å². The number of carbonyl (C=O) groups excluding carboxylic acids is 1. The summed E-state index contributed by atoms with van der Waals surface area (Å²) in [5.74, 6) is 0.767. The fraction of sp³-hybridized carbons (Fsp3) is 0.316. The molecule has 1 aliphatic heterocycles. The number of halogens is 1. The lowest BCUT2D eigenvalue weighted by atomic mass is 10.1. The molecule has 0 bridgehead atoms. The SMILES string of the molecule is COc1ccc(NC(=O)N2CCN(c3cc(Cl)ccc3C)CC2)cc1. The van der Waals surface area contributed by atoms with Crippen LogP contribution in [-0.4, -0.2) is 44.2 Å². The van der Waals surface area contributed by atoms with Crippen molar-refractivity contribution in [3.63, 3.8) is 0 Å². The Labute approximate surface area is 153 Å². The molecular formula is C19H22ClN3O2. The summed E-state index contributed by atoms with van der Waals surface area (Å²) < 4.78 is 5.12. The predicted molar refractivity (Wildman–Crippen MR) is 102 cm³/mol. The third kappa shape index (κ3) is 4.17. The van der Waals surface area contributed by atoms with E-state index in [0.29, 0.717) is 13.1 Å². The lowest BCUT2D eigenvalue weighted by Crippen LogP contribution is -2.50. The van der Waals surface area contributed by atoms with Gasteiger partial charge in [0.2, 0.25) is 0 Å². The number of amides is 2. The van der Waals surface area contributed by atoms with Gasteiger partial charge < -0.3 is 19.9 Å². The van der Waals surface area contributed by atoms with Crippen molar-refractivity contribution in [3.05, 3.63) is 53.1 Å². The summed E-state index contributed by atoms with van der Waals surface area (Å²) in [5, 5.41) is 3.67. The van der Waals surface area contributed by atoms with Crippen LogP contribution in [0.15, 0.2) is 42.5 Å². The molecule has 6 heteroatoms. The van der Waals surface area contributed by atoms with Crippen molar-refractivity contribution < 1.29 is 9.53 Å². The molecule has 2 amide bonds. The summed E-state index contributed by atoms with van der Waals surface area (Å²) in [7, 11) is 1.62. The summed E-state index contributed by atoms with van der Waals surface area (Å²) in [5.41, 5.74) is 3.10. The highest BCUT2D eigenvalue weighted by atomic mass is 35.5. The number of hydrogen-bond donors (Lipinski definition) is 1. The predicted octanol–water partition coefficient (Wildman–Crippen LogP) is 4.01. The highest BCUT2D eigenvalue weighted by molar-refractivity contribution is 6.30. The van der Waals surface area contributed by atoms with E-state index in [1.54, 1.807) is 7.11 Å². The number of urea groups is 1. The Kier molecular flexibility index (Phi) is 5.34. The third-order valence-corrected chi connectivity index (χ3v) is 4.66. The molecule has 0 spiro atoms. The number of piperazine rings is 1. The first-order valence-electron chi connectivity index (χ1n) is 8.28. The second-order valence-corrected chi connectivity index (χ2v) is 6.50. The second kappa shape index (κ2) is 7.66. The molecular weight excluding hydrogens is 338 g/mol. The van der Waals surface area contributed by atoms with Crippen LogP contribution in [0.25, 0.3) is 0 Å². The average Bonchev–Trinajstić information content (AvgIpc) is 2.64. The van der Waals surface area contributed by atoms with E-state index in [2.05, 4.69) is 17.1 Å². The van der Waals surface area contributed by atoms with Gasteiger partial charge in [-0.2, -0.15) is 0 Å². The van der Waals surface area contributed by atoms with Crippen LogP contribution < -0.4 is 15.0 Å². The van der Waals surface area contributed by atoms with Crippen LogP contribution in [-0.2, 0) is 0 Å². The Morgan fingerprint density at radius 2 is 1.76 bits per heavy atom. The van der Waals surface area contributed by atoms with Crippen molar-refractivity contribution in [3.8, 4) is 5.75 Å². The van der Waals surface area contributed by atoms with Crippen LogP contribution >= 0.6 is 11.6 Å². The number of methoxy groups -OCH3 is 1. The molecule has 1 N–H and O–H groups in total. The smallest absolute Gasteiger partial charge is 0.321 e. The lowest BCUT2D eigenvalue weighted by Gasteiger charge is -2.36. The summed E-state index contributed by atoms with van der Waals surface area (Å²) in [4.78, 5) is 16.5. The van der Waals surface area contributed by atoms with Gasteiger partial charge in [-0.15, -0.1) is 0 Å². The fourth-order valence-electron chi connectivity index (χ4n) is 2.95. The maximum absolute atomic E-state index is 12.4. The maximum atomic E-state index is 12.4. The van der Waals surface area contributed by atoms with E-state index in [-0.39, 0.29) is 6.03 Å². The molecule has 0 unspecified atom stereocenters. The highest BCUT2D eigenvalue weighted by Crippen LogP contribution is 2.25. The van der Waals surface area contributed by atoms with Gasteiger partial charge in [0.25, 0.3) is 0 Å². The van der Waals surface area contributed by atoms with Crippen LogP contribution in [0.3, 0.4) is 0 Å². The number of carbonyl (C=O) groups is 1. The van der Waals surface area contributed by atoms with Crippen molar-refractivity contribution in [1.82, 2.24) is 4.90 Å². The summed E-state index contributed by atoms with van der Waals surface area (Å²) >= 11 is 6.12. The number of rotatable bonds is 3. The number of ether oxygens (including phenoxy) is 1. The van der Waals surface area contributed by atoms with E-state index >= 15 is 0 Å². The molecule has 3 rings (SSSR count). The van der Waals surface area contributed by atoms with E-state index < -0.39 is 0 Å². The Balaban J connectivity index is 1.57. The first kappa shape index (κ1) is 17.4. The molecule has 0 atom stereocenters. The largest absolute Gasteiger partial charge is 0.497 e. The van der Waals surface area contributed by atoms with E-state index in [4.69, 9.17) is 16.3 Å². The number of anilines is 2. The quantitative estimate of drug-likeness (QED) is 0.900. The maximum Gasteiger partial charge on any atom is 0.321 e. The summed E-state index contributed by atoms with van der Waals surface area (Å²) in [6, 6.07) is 13.2. The minimum Gasteiger partial charge on any atom is -0.497 e. The van der Waals surface area contributed by atoms with Crippen LogP contribution in [0.2, 0.25) is 5.02 Å². The van der Waals surface area contributed by atoms with Crippen LogP contribution in [0, 0.1) is 6.92 Å². The van der Waals surface area contributed by atoms with Gasteiger partial charge in [0.15, 0.2) is 0 Å². The Bertz CT molecular complexity index is 741. The van der Waals surface area contributed by atoms with E-state index in [1.165, 1.54) is 5.56 Å². The summed E-state index contributed by atoms with van der Waals surface area (Å²) in [6.07, 6.45) is 0. The Morgan fingerprint density at radius 1 is 1.08 bits per heavy atom. The first-order chi connectivity index (χ1) is 12.1. The molecule has 1 saturated heterocycles. The molecule has 2 aromatic carbocycles. The van der Waals surface area contributed by atoms with E-state index in [0.717, 1.165) is 35.2 Å². The zero-order valence-electron chi connectivity index (χ0n) is 14.5. The molecule has 1 aliphatic rings. The second-order valence-electron chi connectivity index (χ2n) is 6.06. The monoisotopic (exact) mass is 359 g/mol. The number of benzene rings is 2. The molecule has 5 nitrogen and oxygen atoms in total. The zero-order valence-corrected chi connectivity index (χ0v) is 15.2. The van der Waals surface area contributed by atoms with Gasteiger partial charge in [-0.05, 0) is 48.9 Å². The van der Waals surface area contributed by atoms with Gasteiger partial charge >= 0.3 is 6.03 Å². The van der Waals surface area contributed by atoms with Gasteiger partial charge in [0, 0.05) is 42.6 Å². The van der Waals surface area contributed by atoms with Crippen LogP contribution in [0.1, 0.15) is 5.56 Å². The van der Waals surface area contributed by atoms with E-state index in [9.17, 15) is 4.79 Å². The lowest BCUT2D eigenvalue weighted by molar-refractivity contribution is 0.208. The zero-order chi connectivity index (χ0) is 17.8. The van der Waals surface area contributed by atoms with Gasteiger partial charge in [-0.25, -0.2) is 4.79 Å². The molecule has 0 aromatic heterocycles. The number of nitrogens with zero attached hydrogens (tertiary/aromatic N) is 2. The molecule has 1 fully saturated rings. The molecule has 132 valence electrons. The van der Waals surface area contributed by atoms with Crippen molar-refractivity contribution >= 4 is 29.0 Å². The van der Waals surface area contributed by atoms with Crippen LogP contribution in [0.5, 0.6) is 5.75 Å². The average molecular weight is 360 g/mol. The third-order valence-electron chi connectivity index (χ3n) is 4.42. The standard InChI is InChI=1S/C19H22ClN3O2/c1-14-3-4-15(20)13-18(14)22-9-11-23(12-10-22)19(24)21-16-5-7-17(25-2)8-6-16/h3-8,13H,9-12H2,1-2H3,(H,21,24). The number of hydrogen-bond acceptors (Lipinski definition) is 3. The molecule has 25 heavy (non-hydrogen) atoms. The van der Waals surface area contributed by atoms with Crippen molar-refractivity contribution in [2.75, 3.05) is 43.5 Å². The number of nitrogens with one attached hydrogen (secondary N) is 1.